The molecule has 0 bridgehead atoms. The molecule has 1 aliphatic heterocycles. The Kier molecular flexibility index (Phi) is 1.17. The molecule has 0 unspecified atom stereocenters. The number of rotatable bonds is 0. The Bertz CT molecular complexity index is 66.8. The highest BCUT2D eigenvalue weighted by Crippen LogP contribution is 2.02. The lowest BCUT2D eigenvalue weighted by Crippen LogP contribution is -2.00. The lowest BCUT2D eigenvalue weighted by molar-refractivity contribution is 1.33. The summed E-state index contributed by atoms with van der Waals surface area (Å²) in [7, 11) is 0. The van der Waals surface area contributed by atoms with Crippen molar-refractivity contribution in [1.29, 1.82) is 0 Å². The second kappa shape index (κ2) is 1.87. The van der Waals surface area contributed by atoms with Crippen LogP contribution in [0.5, 0.6) is 0 Å². The first kappa shape index (κ1) is 3.74. The third-order valence-electron chi connectivity index (χ3n) is 0.375. The van der Waals surface area contributed by atoms with Crippen molar-refractivity contribution in [3.05, 3.63) is 11.6 Å². The van der Waals surface area contributed by atoms with Crippen molar-refractivity contribution in [3.63, 3.8) is 0 Å². The first-order valence-corrected chi connectivity index (χ1v) is 2.35. The molecule has 0 atom stereocenters. The maximum atomic E-state index is 3.65. The number of hydrogen-bond acceptors (Lipinski definition) is 3. The normalized spacial score (nSPS) is 17.3. The van der Waals surface area contributed by atoms with E-state index in [2.05, 4.69) is 16.1 Å². The third kappa shape index (κ3) is 0.755. The fraction of sp³-hybridized carbons (Fsp3) is 0. The second-order valence-corrected chi connectivity index (χ2v) is 1.42. The van der Waals surface area contributed by atoms with E-state index in [1.165, 1.54) is 11.9 Å². The fourth-order valence-electron chi connectivity index (χ4n) is 0.185. The Morgan fingerprint density at radius 2 is 2.83 bits per heavy atom. The van der Waals surface area contributed by atoms with Gasteiger partial charge in [-0.15, -0.1) is 0 Å². The lowest BCUT2D eigenvalue weighted by Gasteiger charge is -1.88. The van der Waals surface area contributed by atoms with Gasteiger partial charge < -0.3 is 5.32 Å². The summed E-state index contributed by atoms with van der Waals surface area (Å²) in [4.78, 5) is 0. The Morgan fingerprint density at radius 1 is 1.83 bits per heavy atom. The van der Waals surface area contributed by atoms with Gasteiger partial charge in [-0.1, -0.05) is 0 Å². The van der Waals surface area contributed by atoms with Crippen LogP contribution in [-0.4, -0.2) is 6.34 Å². The van der Waals surface area contributed by atoms with Gasteiger partial charge in [0.1, 0.15) is 0 Å². The summed E-state index contributed by atoms with van der Waals surface area (Å²) in [6, 6.07) is 0. The van der Waals surface area contributed by atoms with Crippen LogP contribution in [0.4, 0.5) is 0 Å². The molecular formula is C3H3N2S. The van der Waals surface area contributed by atoms with Gasteiger partial charge >= 0.3 is 0 Å². The predicted octanol–water partition coefficient (Wildman–Crippen LogP) is 0.614. The maximum Gasteiger partial charge on any atom is 0.182 e. The van der Waals surface area contributed by atoms with Crippen LogP contribution < -0.4 is 5.32 Å². The molecule has 0 spiro atoms. The standard InChI is InChI=1S/C3H3N2S/c1-2-6-5-3-4-1/h1-2H,(H,4,5). The molecule has 0 aromatic carbocycles. The monoisotopic (exact) mass is 99.0 g/mol. The second-order valence-electron chi connectivity index (χ2n) is 0.756. The summed E-state index contributed by atoms with van der Waals surface area (Å²) < 4.78 is 3.65. The van der Waals surface area contributed by atoms with E-state index in [0.29, 0.717) is 0 Å². The van der Waals surface area contributed by atoms with Crippen LogP contribution in [0.3, 0.4) is 0 Å². The number of nitrogens with zero attached hydrogens (tertiary/aromatic N) is 1. The zero-order valence-corrected chi connectivity index (χ0v) is 3.83. The van der Waals surface area contributed by atoms with Gasteiger partial charge in [-0.05, 0) is 0 Å². The SMILES string of the molecule is [C]1=NSC=CN1. The van der Waals surface area contributed by atoms with Gasteiger partial charge in [0.15, 0.2) is 6.34 Å². The first-order valence-electron chi connectivity index (χ1n) is 1.51. The van der Waals surface area contributed by atoms with Crippen LogP contribution in [0, 0.1) is 0 Å². The molecule has 0 amide bonds. The van der Waals surface area contributed by atoms with Gasteiger partial charge in [0.05, 0.1) is 0 Å². The summed E-state index contributed by atoms with van der Waals surface area (Å²) in [5.74, 6) is 0. The van der Waals surface area contributed by atoms with Crippen LogP contribution in [0.15, 0.2) is 16.0 Å². The van der Waals surface area contributed by atoms with Gasteiger partial charge in [0.25, 0.3) is 0 Å². The molecule has 0 aliphatic carbocycles. The van der Waals surface area contributed by atoms with E-state index in [4.69, 9.17) is 0 Å². The van der Waals surface area contributed by atoms with Gasteiger partial charge in [0, 0.05) is 23.6 Å². The topological polar surface area (TPSA) is 24.4 Å². The van der Waals surface area contributed by atoms with Crippen LogP contribution >= 0.6 is 11.9 Å². The van der Waals surface area contributed by atoms with Gasteiger partial charge in [-0.3, -0.25) is 0 Å². The lowest BCUT2D eigenvalue weighted by atomic mass is 11.0. The number of hydrogen-bond donors (Lipinski definition) is 1. The molecule has 1 N–H and O–H groups in total. The average Bonchev–Trinajstić information content (AvgIpc) is 1.72. The molecule has 1 rings (SSSR count). The van der Waals surface area contributed by atoms with E-state index >= 15 is 0 Å². The predicted molar refractivity (Wildman–Crippen MR) is 27.3 cm³/mol. The van der Waals surface area contributed by atoms with Crippen LogP contribution in [-0.2, 0) is 0 Å². The van der Waals surface area contributed by atoms with Gasteiger partial charge in [-0.2, -0.15) is 4.40 Å². The molecule has 0 saturated heterocycles. The highest BCUT2D eigenvalue weighted by atomic mass is 32.2. The molecule has 6 heavy (non-hydrogen) atoms. The van der Waals surface area contributed by atoms with Crippen molar-refractivity contribution in [2.24, 2.45) is 4.40 Å². The van der Waals surface area contributed by atoms with E-state index in [-0.39, 0.29) is 0 Å². The molecular weight excluding hydrogens is 96.1 g/mol. The minimum absolute atomic E-state index is 1.37. The van der Waals surface area contributed by atoms with E-state index in [0.717, 1.165) is 0 Å². The van der Waals surface area contributed by atoms with Crippen LogP contribution in [0.1, 0.15) is 0 Å². The van der Waals surface area contributed by atoms with E-state index in [1.807, 2.05) is 5.41 Å². The minimum Gasteiger partial charge on any atom is -0.342 e. The molecule has 0 fully saturated rings. The molecule has 31 valence electrons. The Balaban J connectivity index is 2.40. The Hall–Kier alpha value is -0.440. The van der Waals surface area contributed by atoms with Crippen molar-refractivity contribution in [2.45, 2.75) is 0 Å². The minimum atomic E-state index is 1.37. The Labute approximate surface area is 40.5 Å². The van der Waals surface area contributed by atoms with Crippen LogP contribution in [0.25, 0.3) is 0 Å². The van der Waals surface area contributed by atoms with Crippen molar-refractivity contribution < 1.29 is 0 Å². The van der Waals surface area contributed by atoms with Gasteiger partial charge in [-0.25, -0.2) is 0 Å². The van der Waals surface area contributed by atoms with Crippen molar-refractivity contribution >= 4 is 18.3 Å². The van der Waals surface area contributed by atoms with E-state index in [1.54, 1.807) is 6.20 Å². The molecule has 1 heterocycles. The largest absolute Gasteiger partial charge is 0.342 e. The summed E-state index contributed by atoms with van der Waals surface area (Å²) in [5.41, 5.74) is 0. The highest BCUT2D eigenvalue weighted by molar-refractivity contribution is 8.01. The van der Waals surface area contributed by atoms with E-state index in [9.17, 15) is 0 Å². The average molecular weight is 99.1 g/mol. The van der Waals surface area contributed by atoms with Crippen LogP contribution in [0.2, 0.25) is 0 Å². The zero-order chi connectivity index (χ0) is 4.24. The Morgan fingerprint density at radius 3 is 3.00 bits per heavy atom. The van der Waals surface area contributed by atoms with Gasteiger partial charge in [0.2, 0.25) is 0 Å². The first-order chi connectivity index (χ1) is 3.00. The quantitative estimate of drug-likeness (QED) is 0.450. The molecule has 3 heteroatoms. The summed E-state index contributed by atoms with van der Waals surface area (Å²) in [6.07, 6.45) is 4.31. The van der Waals surface area contributed by atoms with Crippen molar-refractivity contribution in [3.8, 4) is 0 Å². The third-order valence-corrected chi connectivity index (χ3v) is 0.830. The van der Waals surface area contributed by atoms with Crippen molar-refractivity contribution in [1.82, 2.24) is 5.32 Å². The zero-order valence-electron chi connectivity index (χ0n) is 3.01. The van der Waals surface area contributed by atoms with Crippen molar-refractivity contribution in [2.75, 3.05) is 0 Å². The summed E-state index contributed by atoms with van der Waals surface area (Å²) >= 11 is 1.37. The highest BCUT2D eigenvalue weighted by Gasteiger charge is 1.76. The molecule has 1 radical (unpaired) electrons. The molecule has 2 nitrogen and oxygen atoms in total. The molecule has 1 aliphatic rings. The van der Waals surface area contributed by atoms with E-state index < -0.39 is 0 Å². The molecule has 0 saturated carbocycles. The summed E-state index contributed by atoms with van der Waals surface area (Å²) in [5, 5.41) is 4.51. The maximum absolute atomic E-state index is 3.65. The molecule has 0 aromatic rings. The number of nitrogens with one attached hydrogen (secondary N) is 1. The molecule has 0 aromatic heterocycles. The summed E-state index contributed by atoms with van der Waals surface area (Å²) in [6.45, 7) is 0. The fourth-order valence-corrected chi connectivity index (χ4v) is 0.480. The smallest absolute Gasteiger partial charge is 0.182 e.